The monoisotopic (exact) mass is 253 g/mol. The lowest BCUT2D eigenvalue weighted by atomic mass is 9.99. The van der Waals surface area contributed by atoms with Crippen molar-refractivity contribution >= 4 is 29.0 Å². The molecule has 0 aliphatic carbocycles. The Labute approximate surface area is 111 Å². The van der Waals surface area contributed by atoms with Crippen LogP contribution in [0.3, 0.4) is 0 Å². The molecule has 0 saturated heterocycles. The lowest BCUT2D eigenvalue weighted by molar-refractivity contribution is -0.118. The summed E-state index contributed by atoms with van der Waals surface area (Å²) in [6, 6.07) is 11.7. The zero-order valence-electron chi connectivity index (χ0n) is 10.7. The first kappa shape index (κ1) is 13.0. The van der Waals surface area contributed by atoms with Gasteiger partial charge in [0.1, 0.15) is 0 Å². The van der Waals surface area contributed by atoms with Crippen LogP contribution < -0.4 is 5.32 Å². The van der Waals surface area contributed by atoms with Gasteiger partial charge < -0.3 is 5.32 Å². The highest BCUT2D eigenvalue weighted by molar-refractivity contribution is 5.98. The minimum Gasteiger partial charge on any atom is -0.353 e. The highest BCUT2D eigenvalue weighted by Crippen LogP contribution is 2.22. The predicted molar refractivity (Wildman–Crippen MR) is 77.1 cm³/mol. The third-order valence-corrected chi connectivity index (χ3v) is 2.88. The number of benzene rings is 2. The van der Waals surface area contributed by atoms with Gasteiger partial charge in [-0.1, -0.05) is 48.6 Å². The molecule has 0 atom stereocenters. The molecule has 0 aromatic heterocycles. The van der Waals surface area contributed by atoms with Crippen molar-refractivity contribution in [3.8, 4) is 0 Å². The first-order valence-corrected chi connectivity index (χ1v) is 6.10. The van der Waals surface area contributed by atoms with Crippen molar-refractivity contribution in [2.75, 3.05) is 6.54 Å². The molecule has 0 aliphatic rings. The Balaban J connectivity index is 2.39. The van der Waals surface area contributed by atoms with Gasteiger partial charge in [-0.05, 0) is 16.3 Å². The van der Waals surface area contributed by atoms with Crippen LogP contribution >= 0.6 is 0 Å². The molecule has 0 saturated carbocycles. The van der Waals surface area contributed by atoms with Crippen molar-refractivity contribution in [1.82, 2.24) is 5.32 Å². The maximum Gasteiger partial charge on any atom is 0.217 e. The molecule has 0 spiro atoms. The van der Waals surface area contributed by atoms with Crippen LogP contribution in [-0.2, 0) is 4.79 Å². The van der Waals surface area contributed by atoms with Crippen molar-refractivity contribution in [2.24, 2.45) is 0 Å². The molecule has 0 aliphatic heterocycles. The van der Waals surface area contributed by atoms with Crippen LogP contribution in [0.1, 0.15) is 22.8 Å². The predicted octanol–water partition coefficient (Wildman–Crippen LogP) is 2.80. The van der Waals surface area contributed by atoms with Crippen LogP contribution in [0.2, 0.25) is 0 Å². The molecule has 0 fully saturated rings. The molecule has 0 bridgehead atoms. The molecule has 0 heterocycles. The summed E-state index contributed by atoms with van der Waals surface area (Å²) in [6.07, 6.45) is 4.57. The van der Waals surface area contributed by atoms with E-state index in [0.29, 0.717) is 12.1 Å². The van der Waals surface area contributed by atoms with Crippen LogP contribution in [0.5, 0.6) is 0 Å². The highest BCUT2D eigenvalue weighted by Gasteiger charge is 2.03. The Morgan fingerprint density at radius 1 is 1.21 bits per heavy atom. The van der Waals surface area contributed by atoms with Crippen molar-refractivity contribution in [3.05, 3.63) is 53.6 Å². The van der Waals surface area contributed by atoms with Crippen LogP contribution in [0.4, 0.5) is 0 Å². The standard InChI is InChI=1S/C16H15NO2/c1-12(19)17-10-4-7-16-14(11-18)9-8-13-5-2-3-6-15(13)16/h2-9,11H,10H2,1H3,(H,17,19). The number of hydrogen-bond donors (Lipinski definition) is 1. The fourth-order valence-electron chi connectivity index (χ4n) is 1.98. The summed E-state index contributed by atoms with van der Waals surface area (Å²) >= 11 is 0. The second-order valence-corrected chi connectivity index (χ2v) is 4.25. The molecule has 96 valence electrons. The van der Waals surface area contributed by atoms with E-state index in [1.54, 1.807) is 0 Å². The molecule has 1 amide bonds. The van der Waals surface area contributed by atoms with E-state index >= 15 is 0 Å². The van der Waals surface area contributed by atoms with Crippen molar-refractivity contribution in [1.29, 1.82) is 0 Å². The first-order chi connectivity index (χ1) is 9.22. The Hall–Kier alpha value is -2.42. The summed E-state index contributed by atoms with van der Waals surface area (Å²) in [7, 11) is 0. The average Bonchev–Trinajstić information content (AvgIpc) is 2.43. The minimum atomic E-state index is -0.0711. The summed E-state index contributed by atoms with van der Waals surface area (Å²) in [4.78, 5) is 21.9. The van der Waals surface area contributed by atoms with Gasteiger partial charge in [-0.25, -0.2) is 0 Å². The van der Waals surface area contributed by atoms with Gasteiger partial charge >= 0.3 is 0 Å². The Kier molecular flexibility index (Phi) is 4.08. The lowest BCUT2D eigenvalue weighted by Crippen LogP contribution is -2.19. The zero-order valence-corrected chi connectivity index (χ0v) is 10.7. The number of rotatable bonds is 4. The summed E-state index contributed by atoms with van der Waals surface area (Å²) in [5.41, 5.74) is 1.54. The van der Waals surface area contributed by atoms with Gasteiger partial charge in [-0.15, -0.1) is 0 Å². The SMILES string of the molecule is CC(=O)NCC=Cc1c(C=O)ccc2ccccc12. The molecule has 0 unspecified atom stereocenters. The van der Waals surface area contributed by atoms with Gasteiger partial charge in [0.2, 0.25) is 5.91 Å². The molecule has 2 rings (SSSR count). The largest absolute Gasteiger partial charge is 0.353 e. The third kappa shape index (κ3) is 3.07. The molecule has 19 heavy (non-hydrogen) atoms. The smallest absolute Gasteiger partial charge is 0.217 e. The summed E-state index contributed by atoms with van der Waals surface area (Å²) in [6.45, 7) is 1.93. The van der Waals surface area contributed by atoms with Gasteiger partial charge in [0.15, 0.2) is 6.29 Å². The van der Waals surface area contributed by atoms with E-state index in [2.05, 4.69) is 5.32 Å². The van der Waals surface area contributed by atoms with Gasteiger partial charge in [0, 0.05) is 19.0 Å². The van der Waals surface area contributed by atoms with E-state index in [-0.39, 0.29) is 5.91 Å². The van der Waals surface area contributed by atoms with Crippen LogP contribution in [0.15, 0.2) is 42.5 Å². The fraction of sp³-hybridized carbons (Fsp3) is 0.125. The molecule has 2 aromatic rings. The van der Waals surface area contributed by atoms with Crippen LogP contribution in [0, 0.1) is 0 Å². The van der Waals surface area contributed by atoms with Crippen molar-refractivity contribution in [2.45, 2.75) is 6.92 Å². The number of hydrogen-bond acceptors (Lipinski definition) is 2. The van der Waals surface area contributed by atoms with Gasteiger partial charge in [0.05, 0.1) is 0 Å². The van der Waals surface area contributed by atoms with E-state index in [0.717, 1.165) is 22.6 Å². The number of nitrogens with one attached hydrogen (secondary N) is 1. The van der Waals surface area contributed by atoms with E-state index in [1.807, 2.05) is 48.6 Å². The van der Waals surface area contributed by atoms with E-state index in [4.69, 9.17) is 0 Å². The quantitative estimate of drug-likeness (QED) is 0.852. The maximum absolute atomic E-state index is 11.1. The third-order valence-electron chi connectivity index (χ3n) is 2.88. The average molecular weight is 253 g/mol. The number of fused-ring (bicyclic) bond motifs is 1. The van der Waals surface area contributed by atoms with Gasteiger partial charge in [0.25, 0.3) is 0 Å². The van der Waals surface area contributed by atoms with E-state index < -0.39 is 0 Å². The number of aldehydes is 1. The lowest BCUT2D eigenvalue weighted by Gasteiger charge is -2.05. The molecule has 0 radical (unpaired) electrons. The van der Waals surface area contributed by atoms with Crippen LogP contribution in [0.25, 0.3) is 16.8 Å². The first-order valence-electron chi connectivity index (χ1n) is 6.10. The normalized spacial score (nSPS) is 10.8. The number of carbonyl (C=O) groups excluding carboxylic acids is 2. The molecular formula is C16H15NO2. The second kappa shape index (κ2) is 5.96. The fourth-order valence-corrected chi connectivity index (χ4v) is 1.98. The van der Waals surface area contributed by atoms with Crippen molar-refractivity contribution in [3.63, 3.8) is 0 Å². The molecule has 3 heteroatoms. The Morgan fingerprint density at radius 2 is 2.00 bits per heavy atom. The molecular weight excluding hydrogens is 238 g/mol. The molecule has 3 nitrogen and oxygen atoms in total. The highest BCUT2D eigenvalue weighted by atomic mass is 16.1. The number of carbonyl (C=O) groups is 2. The second-order valence-electron chi connectivity index (χ2n) is 4.25. The summed E-state index contributed by atoms with van der Waals surface area (Å²) < 4.78 is 0. The van der Waals surface area contributed by atoms with E-state index in [1.165, 1.54) is 6.92 Å². The zero-order chi connectivity index (χ0) is 13.7. The van der Waals surface area contributed by atoms with E-state index in [9.17, 15) is 9.59 Å². The summed E-state index contributed by atoms with van der Waals surface area (Å²) in [5.74, 6) is -0.0711. The summed E-state index contributed by atoms with van der Waals surface area (Å²) in [5, 5.41) is 4.81. The maximum atomic E-state index is 11.1. The Bertz CT molecular complexity index is 644. The minimum absolute atomic E-state index is 0.0711. The number of amides is 1. The van der Waals surface area contributed by atoms with Crippen molar-refractivity contribution < 1.29 is 9.59 Å². The van der Waals surface area contributed by atoms with Gasteiger partial charge in [-0.2, -0.15) is 0 Å². The van der Waals surface area contributed by atoms with Gasteiger partial charge in [-0.3, -0.25) is 9.59 Å². The Morgan fingerprint density at radius 3 is 2.74 bits per heavy atom. The molecule has 1 N–H and O–H groups in total. The molecule has 2 aromatic carbocycles. The van der Waals surface area contributed by atoms with Crippen LogP contribution in [-0.4, -0.2) is 18.7 Å². The topological polar surface area (TPSA) is 46.2 Å².